The van der Waals surface area contributed by atoms with Crippen molar-refractivity contribution in [2.24, 2.45) is 5.73 Å². The maximum Gasteiger partial charge on any atom is 0.0453 e. The first-order valence-electron chi connectivity index (χ1n) is 7.86. The van der Waals surface area contributed by atoms with Crippen LogP contribution in [0.2, 0.25) is 10.0 Å². The molecule has 1 fully saturated rings. The van der Waals surface area contributed by atoms with Gasteiger partial charge in [0.05, 0.1) is 0 Å². The van der Waals surface area contributed by atoms with E-state index in [9.17, 15) is 0 Å². The first-order valence-corrected chi connectivity index (χ1v) is 8.62. The Bertz CT molecular complexity index is 446. The molecule has 2 nitrogen and oxygen atoms in total. The Labute approximate surface area is 138 Å². The predicted molar refractivity (Wildman–Crippen MR) is 92.3 cm³/mol. The van der Waals surface area contributed by atoms with Crippen LogP contribution in [0.5, 0.6) is 0 Å². The number of hydrogen-bond donors (Lipinski definition) is 1. The fourth-order valence-corrected chi connectivity index (χ4v) is 3.63. The molecule has 0 aromatic heterocycles. The average Bonchev–Trinajstić information content (AvgIpc) is 2.72. The highest BCUT2D eigenvalue weighted by molar-refractivity contribution is 6.36. The Balaban J connectivity index is 2.12. The van der Waals surface area contributed by atoms with Crippen molar-refractivity contribution in [1.29, 1.82) is 0 Å². The predicted octanol–water partition coefficient (Wildman–Crippen LogP) is 4.52. The Morgan fingerprint density at radius 2 is 1.62 bits per heavy atom. The third kappa shape index (κ3) is 4.13. The molecule has 1 aromatic carbocycles. The van der Waals surface area contributed by atoms with Gasteiger partial charge in [-0.15, -0.1) is 0 Å². The average molecular weight is 329 g/mol. The van der Waals surface area contributed by atoms with E-state index in [1.165, 1.54) is 25.7 Å². The standard InChI is InChI=1S/C17H26Cl2N2/c1-17(2,21-10-5-3-4-6-11-21)16(20)12-13-14(18)8-7-9-15(13)19/h7-9,16H,3-6,10-12,20H2,1-2H3. The lowest BCUT2D eigenvalue weighted by Crippen LogP contribution is -2.57. The summed E-state index contributed by atoms with van der Waals surface area (Å²) in [6.07, 6.45) is 5.91. The monoisotopic (exact) mass is 328 g/mol. The summed E-state index contributed by atoms with van der Waals surface area (Å²) in [5.74, 6) is 0. The van der Waals surface area contributed by atoms with E-state index in [0.717, 1.165) is 18.7 Å². The lowest BCUT2D eigenvalue weighted by Gasteiger charge is -2.42. The van der Waals surface area contributed by atoms with E-state index in [1.54, 1.807) is 0 Å². The second-order valence-corrected chi connectivity index (χ2v) is 7.38. The Kier molecular flexibility index (Phi) is 5.96. The van der Waals surface area contributed by atoms with Crippen molar-refractivity contribution in [1.82, 2.24) is 4.90 Å². The van der Waals surface area contributed by atoms with Crippen LogP contribution < -0.4 is 5.73 Å². The summed E-state index contributed by atoms with van der Waals surface area (Å²) in [6.45, 7) is 6.76. The number of halogens is 2. The number of benzene rings is 1. The van der Waals surface area contributed by atoms with Gasteiger partial charge >= 0.3 is 0 Å². The zero-order chi connectivity index (χ0) is 15.5. The normalized spacial score (nSPS) is 19.3. The molecule has 1 aromatic rings. The zero-order valence-corrected chi connectivity index (χ0v) is 14.6. The van der Waals surface area contributed by atoms with E-state index in [2.05, 4.69) is 18.7 Å². The molecule has 0 bridgehead atoms. The Morgan fingerprint density at radius 1 is 1.10 bits per heavy atom. The van der Waals surface area contributed by atoms with Gasteiger partial charge < -0.3 is 5.73 Å². The topological polar surface area (TPSA) is 29.3 Å². The van der Waals surface area contributed by atoms with E-state index < -0.39 is 0 Å². The molecule has 1 saturated heterocycles. The molecule has 0 spiro atoms. The van der Waals surface area contributed by atoms with Crippen LogP contribution in [0.25, 0.3) is 0 Å². The van der Waals surface area contributed by atoms with Gasteiger partial charge in [-0.05, 0) is 63.9 Å². The molecular weight excluding hydrogens is 303 g/mol. The van der Waals surface area contributed by atoms with Gasteiger partial charge in [-0.1, -0.05) is 42.1 Å². The summed E-state index contributed by atoms with van der Waals surface area (Å²) in [4.78, 5) is 2.54. The van der Waals surface area contributed by atoms with Gasteiger partial charge in [0.1, 0.15) is 0 Å². The molecule has 0 amide bonds. The summed E-state index contributed by atoms with van der Waals surface area (Å²) < 4.78 is 0. The molecule has 21 heavy (non-hydrogen) atoms. The summed E-state index contributed by atoms with van der Waals surface area (Å²) >= 11 is 12.6. The van der Waals surface area contributed by atoms with E-state index in [-0.39, 0.29) is 11.6 Å². The summed E-state index contributed by atoms with van der Waals surface area (Å²) in [5.41, 5.74) is 7.46. The van der Waals surface area contributed by atoms with Gasteiger partial charge in [-0.3, -0.25) is 4.90 Å². The van der Waals surface area contributed by atoms with Crippen molar-refractivity contribution in [2.75, 3.05) is 13.1 Å². The molecule has 118 valence electrons. The van der Waals surface area contributed by atoms with Gasteiger partial charge in [-0.2, -0.15) is 0 Å². The second-order valence-electron chi connectivity index (χ2n) is 6.57. The summed E-state index contributed by atoms with van der Waals surface area (Å²) in [6, 6.07) is 5.65. The molecule has 0 radical (unpaired) electrons. The van der Waals surface area contributed by atoms with Crippen LogP contribution in [-0.2, 0) is 6.42 Å². The molecule has 2 rings (SSSR count). The molecular formula is C17H26Cl2N2. The van der Waals surface area contributed by atoms with E-state index in [4.69, 9.17) is 28.9 Å². The van der Waals surface area contributed by atoms with Crippen molar-refractivity contribution in [3.63, 3.8) is 0 Å². The molecule has 1 aliphatic heterocycles. The van der Waals surface area contributed by atoms with Crippen molar-refractivity contribution >= 4 is 23.2 Å². The number of hydrogen-bond acceptors (Lipinski definition) is 2. The molecule has 0 aliphatic carbocycles. The maximum atomic E-state index is 6.54. The van der Waals surface area contributed by atoms with Crippen LogP contribution in [0.3, 0.4) is 0 Å². The Hall–Kier alpha value is -0.280. The van der Waals surface area contributed by atoms with E-state index in [1.807, 2.05) is 18.2 Å². The third-order valence-corrected chi connectivity index (χ3v) is 5.52. The minimum absolute atomic E-state index is 0.00741. The number of nitrogens with zero attached hydrogens (tertiary/aromatic N) is 1. The highest BCUT2D eigenvalue weighted by atomic mass is 35.5. The fraction of sp³-hybridized carbons (Fsp3) is 0.647. The van der Waals surface area contributed by atoms with Crippen molar-refractivity contribution < 1.29 is 0 Å². The number of rotatable bonds is 4. The number of likely N-dealkylation sites (tertiary alicyclic amines) is 1. The number of nitrogens with two attached hydrogens (primary N) is 1. The lowest BCUT2D eigenvalue weighted by molar-refractivity contribution is 0.0979. The van der Waals surface area contributed by atoms with Crippen LogP contribution in [-0.4, -0.2) is 29.6 Å². The molecule has 1 unspecified atom stereocenters. The third-order valence-electron chi connectivity index (χ3n) is 4.81. The lowest BCUT2D eigenvalue weighted by atomic mass is 9.88. The van der Waals surface area contributed by atoms with Crippen LogP contribution in [0, 0.1) is 0 Å². The van der Waals surface area contributed by atoms with E-state index in [0.29, 0.717) is 16.5 Å². The largest absolute Gasteiger partial charge is 0.326 e. The van der Waals surface area contributed by atoms with E-state index >= 15 is 0 Å². The highest BCUT2D eigenvalue weighted by Gasteiger charge is 2.33. The molecule has 1 heterocycles. The first kappa shape index (κ1) is 17.1. The second kappa shape index (κ2) is 7.32. The van der Waals surface area contributed by atoms with Gasteiger partial charge in [-0.25, -0.2) is 0 Å². The van der Waals surface area contributed by atoms with Crippen molar-refractivity contribution in [2.45, 2.75) is 57.5 Å². The molecule has 2 N–H and O–H groups in total. The van der Waals surface area contributed by atoms with Crippen LogP contribution in [0.4, 0.5) is 0 Å². The highest BCUT2D eigenvalue weighted by Crippen LogP contribution is 2.29. The maximum absolute atomic E-state index is 6.54. The summed E-state index contributed by atoms with van der Waals surface area (Å²) in [5, 5.41) is 1.43. The summed E-state index contributed by atoms with van der Waals surface area (Å²) in [7, 11) is 0. The minimum atomic E-state index is -0.0488. The quantitative estimate of drug-likeness (QED) is 0.880. The first-order chi connectivity index (χ1) is 9.93. The minimum Gasteiger partial charge on any atom is -0.326 e. The van der Waals surface area contributed by atoms with Gasteiger partial charge in [0, 0.05) is 21.6 Å². The fourth-order valence-electron chi connectivity index (χ4n) is 3.08. The van der Waals surface area contributed by atoms with Crippen LogP contribution in [0.15, 0.2) is 18.2 Å². The zero-order valence-electron chi connectivity index (χ0n) is 13.0. The smallest absolute Gasteiger partial charge is 0.0453 e. The molecule has 1 aliphatic rings. The molecule has 1 atom stereocenters. The van der Waals surface area contributed by atoms with Crippen molar-refractivity contribution in [3.05, 3.63) is 33.8 Å². The van der Waals surface area contributed by atoms with Crippen LogP contribution >= 0.6 is 23.2 Å². The van der Waals surface area contributed by atoms with Gasteiger partial charge in [0.15, 0.2) is 0 Å². The molecule has 4 heteroatoms. The SMILES string of the molecule is CC(C)(C(N)Cc1c(Cl)cccc1Cl)N1CCCCCC1. The Morgan fingerprint density at radius 3 is 2.14 bits per heavy atom. The van der Waals surface area contributed by atoms with Gasteiger partial charge in [0.2, 0.25) is 0 Å². The molecule has 0 saturated carbocycles. The van der Waals surface area contributed by atoms with Gasteiger partial charge in [0.25, 0.3) is 0 Å². The van der Waals surface area contributed by atoms with Crippen LogP contribution in [0.1, 0.15) is 45.1 Å². The van der Waals surface area contributed by atoms with Crippen molar-refractivity contribution in [3.8, 4) is 0 Å².